The minimum Gasteiger partial charge on any atom is -0.480 e. The number of aromatic amines is 2. The van der Waals surface area contributed by atoms with Gasteiger partial charge in [-0.1, -0.05) is 30.3 Å². The second kappa shape index (κ2) is 11.3. The molecule has 0 aliphatic carbocycles. The van der Waals surface area contributed by atoms with Crippen LogP contribution in [0, 0.1) is 0 Å². The average molecular weight is 526 g/mol. The molecule has 0 saturated carbocycles. The lowest BCUT2D eigenvalue weighted by Crippen LogP contribution is -2.36. The molecule has 5 N–H and O–H groups in total. The second-order valence-corrected chi connectivity index (χ2v) is 8.25. The Morgan fingerprint density at radius 2 is 1.24 bits per heavy atom. The van der Waals surface area contributed by atoms with Gasteiger partial charge in [-0.2, -0.15) is 0 Å². The number of carboxylic acids is 1. The maximum Gasteiger partial charge on any atom is 0.332 e. The van der Waals surface area contributed by atoms with Gasteiger partial charge in [-0.15, -0.1) is 0 Å². The standard InChI is InChI=1S/C9H11NO2.2C7H8N4O2/c10-8(9(11)12)6-7-4-2-1-3-5-7;2*1-10-5-4(8-3-9-5)6(12)11(2)7(10)13/h1-5,8H,6,10H2,(H,11,12);2*3H,1-2H3,(H,8,9). The normalized spacial score (nSPS) is 11.4. The molecule has 0 amide bonds. The van der Waals surface area contributed by atoms with Crippen molar-refractivity contribution in [2.45, 2.75) is 12.5 Å². The molecule has 0 bridgehead atoms. The van der Waals surface area contributed by atoms with Gasteiger partial charge in [0.15, 0.2) is 11.3 Å². The number of aryl methyl sites for hydroxylation is 2. The number of fused-ring (bicyclic) bond motifs is 2. The third-order valence-electron chi connectivity index (χ3n) is 5.67. The molecule has 0 fully saturated rings. The topological polar surface area (TPSA) is 209 Å². The molecule has 15 nitrogen and oxygen atoms in total. The maximum atomic E-state index is 11.4. The van der Waals surface area contributed by atoms with Crippen LogP contribution in [-0.2, 0) is 39.4 Å². The van der Waals surface area contributed by atoms with Crippen LogP contribution in [-0.4, -0.2) is 55.3 Å². The van der Waals surface area contributed by atoms with Gasteiger partial charge in [0.2, 0.25) is 0 Å². The fraction of sp³-hybridized carbons (Fsp3) is 0.261. The molecular weight excluding hydrogens is 498 g/mol. The van der Waals surface area contributed by atoms with E-state index in [9.17, 15) is 24.0 Å². The molecule has 0 aliphatic rings. The number of aromatic nitrogens is 8. The Hall–Kier alpha value is -5.05. The van der Waals surface area contributed by atoms with Gasteiger partial charge in [0.25, 0.3) is 11.1 Å². The number of rotatable bonds is 3. The second-order valence-electron chi connectivity index (χ2n) is 8.25. The molecule has 4 aromatic heterocycles. The highest BCUT2D eigenvalue weighted by Crippen LogP contribution is 2.01. The summed E-state index contributed by atoms with van der Waals surface area (Å²) in [5.41, 5.74) is 6.32. The van der Waals surface area contributed by atoms with Crippen LogP contribution in [0.2, 0.25) is 0 Å². The van der Waals surface area contributed by atoms with Crippen LogP contribution in [0.5, 0.6) is 0 Å². The summed E-state index contributed by atoms with van der Waals surface area (Å²) in [6, 6.07) is 8.54. The van der Waals surface area contributed by atoms with Crippen LogP contribution >= 0.6 is 0 Å². The first-order valence-corrected chi connectivity index (χ1v) is 11.2. The Balaban J connectivity index is 0.000000158. The van der Waals surface area contributed by atoms with E-state index in [-0.39, 0.29) is 22.5 Å². The predicted molar refractivity (Wildman–Crippen MR) is 139 cm³/mol. The van der Waals surface area contributed by atoms with Gasteiger partial charge in [-0.05, 0) is 12.0 Å². The molecule has 15 heteroatoms. The molecule has 1 atom stereocenters. The molecule has 5 aromatic rings. The van der Waals surface area contributed by atoms with E-state index in [0.29, 0.717) is 28.7 Å². The number of H-pyrrole nitrogens is 2. The number of benzene rings is 1. The lowest BCUT2D eigenvalue weighted by atomic mass is 10.1. The highest BCUT2D eigenvalue weighted by molar-refractivity contribution is 5.73. The number of hydrogen-bond donors (Lipinski definition) is 4. The van der Waals surface area contributed by atoms with Crippen molar-refractivity contribution in [1.82, 2.24) is 38.2 Å². The van der Waals surface area contributed by atoms with Gasteiger partial charge >= 0.3 is 17.3 Å². The molecule has 200 valence electrons. The van der Waals surface area contributed by atoms with Gasteiger partial charge in [0.05, 0.1) is 12.7 Å². The Labute approximate surface area is 213 Å². The third kappa shape index (κ3) is 5.52. The first-order chi connectivity index (χ1) is 18.0. The lowest BCUT2D eigenvalue weighted by molar-refractivity contribution is -0.138. The van der Waals surface area contributed by atoms with Crippen molar-refractivity contribution in [3.05, 3.63) is 90.2 Å². The summed E-state index contributed by atoms with van der Waals surface area (Å²) < 4.78 is 4.74. The summed E-state index contributed by atoms with van der Waals surface area (Å²) in [7, 11) is 6.02. The van der Waals surface area contributed by atoms with Crippen molar-refractivity contribution in [2.24, 2.45) is 33.9 Å². The summed E-state index contributed by atoms with van der Waals surface area (Å²) in [6.45, 7) is 0. The number of nitrogens with zero attached hydrogens (tertiary/aromatic N) is 6. The highest BCUT2D eigenvalue weighted by atomic mass is 16.4. The Morgan fingerprint density at radius 1 is 0.816 bits per heavy atom. The largest absolute Gasteiger partial charge is 0.480 e. The number of carbonyl (C=O) groups is 1. The van der Waals surface area contributed by atoms with Crippen LogP contribution in [0.1, 0.15) is 5.56 Å². The van der Waals surface area contributed by atoms with Crippen LogP contribution < -0.4 is 28.2 Å². The van der Waals surface area contributed by atoms with Gasteiger partial charge in [0, 0.05) is 28.2 Å². The van der Waals surface area contributed by atoms with Crippen molar-refractivity contribution >= 4 is 28.3 Å². The predicted octanol–water partition coefficient (Wildman–Crippen LogP) is -1.44. The molecule has 1 unspecified atom stereocenters. The molecule has 5 rings (SSSR count). The fourth-order valence-electron chi connectivity index (χ4n) is 3.49. The highest BCUT2D eigenvalue weighted by Gasteiger charge is 2.11. The zero-order chi connectivity index (χ0) is 28.1. The summed E-state index contributed by atoms with van der Waals surface area (Å²) >= 11 is 0. The molecule has 1 aromatic carbocycles. The fourth-order valence-corrected chi connectivity index (χ4v) is 3.49. The molecule has 0 aliphatic heterocycles. The van der Waals surface area contributed by atoms with Crippen molar-refractivity contribution in [2.75, 3.05) is 0 Å². The minimum atomic E-state index is -0.959. The van der Waals surface area contributed by atoms with Gasteiger partial charge in [0.1, 0.15) is 17.1 Å². The molecule has 0 radical (unpaired) electrons. The van der Waals surface area contributed by atoms with E-state index in [1.165, 1.54) is 35.9 Å². The first-order valence-electron chi connectivity index (χ1n) is 11.2. The molecular formula is C23H27N9O6. The van der Waals surface area contributed by atoms with Crippen LogP contribution in [0.15, 0.2) is 62.2 Å². The first kappa shape index (κ1) is 27.5. The molecule has 4 heterocycles. The number of aliphatic carboxylic acids is 1. The lowest BCUT2D eigenvalue weighted by Gasteiger charge is -2.04. The smallest absolute Gasteiger partial charge is 0.332 e. The number of imidazole rings is 2. The van der Waals surface area contributed by atoms with Crippen LogP contribution in [0.3, 0.4) is 0 Å². The minimum absolute atomic E-state index is 0.351. The zero-order valence-corrected chi connectivity index (χ0v) is 21.1. The van der Waals surface area contributed by atoms with Gasteiger partial charge < -0.3 is 20.8 Å². The summed E-state index contributed by atoms with van der Waals surface area (Å²) in [6.07, 6.45) is 3.17. The van der Waals surface area contributed by atoms with Crippen molar-refractivity contribution < 1.29 is 9.90 Å². The summed E-state index contributed by atoms with van der Waals surface area (Å²) in [4.78, 5) is 69.1. The maximum absolute atomic E-state index is 11.4. The number of hydrogen-bond acceptors (Lipinski definition) is 8. The van der Waals surface area contributed by atoms with E-state index in [1.54, 1.807) is 14.1 Å². The quantitative estimate of drug-likeness (QED) is 0.217. The van der Waals surface area contributed by atoms with Crippen molar-refractivity contribution in [3.8, 4) is 0 Å². The molecule has 38 heavy (non-hydrogen) atoms. The SMILES string of the molecule is Cn1c(=O)c2[nH]cnc2n(C)c1=O.Cn1c(=O)c2[nH]cnc2n(C)c1=O.NC(Cc1ccccc1)C(=O)O. The Bertz CT molecular complexity index is 1720. The average Bonchev–Trinajstić information content (AvgIpc) is 3.60. The van der Waals surface area contributed by atoms with E-state index < -0.39 is 12.0 Å². The van der Waals surface area contributed by atoms with E-state index in [4.69, 9.17) is 10.8 Å². The van der Waals surface area contributed by atoms with E-state index in [0.717, 1.165) is 14.7 Å². The third-order valence-corrected chi connectivity index (χ3v) is 5.67. The molecule has 0 saturated heterocycles. The van der Waals surface area contributed by atoms with Gasteiger partial charge in [-0.3, -0.25) is 32.7 Å². The number of carboxylic acid groups (broad SMARTS) is 1. The molecule has 0 spiro atoms. The zero-order valence-electron chi connectivity index (χ0n) is 21.1. The summed E-state index contributed by atoms with van der Waals surface area (Å²) in [5, 5.41) is 8.52. The van der Waals surface area contributed by atoms with Crippen LogP contribution in [0.4, 0.5) is 0 Å². The monoisotopic (exact) mass is 525 g/mol. The van der Waals surface area contributed by atoms with Crippen molar-refractivity contribution in [3.63, 3.8) is 0 Å². The number of nitrogens with one attached hydrogen (secondary N) is 2. The van der Waals surface area contributed by atoms with Crippen molar-refractivity contribution in [1.29, 1.82) is 0 Å². The van der Waals surface area contributed by atoms with E-state index >= 15 is 0 Å². The van der Waals surface area contributed by atoms with Crippen LogP contribution in [0.25, 0.3) is 22.3 Å². The van der Waals surface area contributed by atoms with E-state index in [1.807, 2.05) is 30.3 Å². The summed E-state index contributed by atoms with van der Waals surface area (Å²) in [5.74, 6) is -0.959. The van der Waals surface area contributed by atoms with Gasteiger partial charge in [-0.25, -0.2) is 19.6 Å². The van der Waals surface area contributed by atoms with E-state index in [2.05, 4.69) is 19.9 Å². The Kier molecular flexibility index (Phi) is 8.22. The number of nitrogens with two attached hydrogens (primary N) is 1. The Morgan fingerprint density at radius 3 is 1.63 bits per heavy atom.